The molecule has 0 aliphatic heterocycles. The molecule has 1 radical (unpaired) electrons. The summed E-state index contributed by atoms with van der Waals surface area (Å²) in [6.45, 7) is 0. The van der Waals surface area contributed by atoms with E-state index in [0.717, 1.165) is 22.8 Å². The first-order valence-corrected chi connectivity index (χ1v) is 4.77. The molecule has 0 bridgehead atoms. The first kappa shape index (κ1) is 10.4. The molecule has 0 atom stereocenters. The van der Waals surface area contributed by atoms with Gasteiger partial charge in [-0.05, 0) is 30.3 Å². The third-order valence-electron chi connectivity index (χ3n) is 2.21. The van der Waals surface area contributed by atoms with Crippen LogP contribution in [0.5, 0.6) is 11.5 Å². The first-order valence-electron chi connectivity index (χ1n) is 4.77. The molecule has 0 amide bonds. The van der Waals surface area contributed by atoms with Gasteiger partial charge in [-0.15, -0.1) is 10.2 Å². The van der Waals surface area contributed by atoms with Crippen molar-refractivity contribution in [2.75, 3.05) is 14.2 Å². The molecule has 0 aliphatic rings. The van der Waals surface area contributed by atoms with Crippen LogP contribution >= 0.6 is 0 Å². The van der Waals surface area contributed by atoms with Crippen LogP contribution < -0.4 is 9.47 Å². The smallest absolute Gasteiger partial charge is 0.128 e. The SMILES string of the molecule is COc1ccc(OC)c(-c2cc[c]nn2)c1. The zero-order chi connectivity index (χ0) is 11.4. The van der Waals surface area contributed by atoms with Gasteiger partial charge in [0.15, 0.2) is 0 Å². The van der Waals surface area contributed by atoms with Crippen molar-refractivity contribution in [2.45, 2.75) is 0 Å². The Morgan fingerprint density at radius 1 is 1.12 bits per heavy atom. The molecule has 0 aliphatic carbocycles. The molecule has 0 fully saturated rings. The largest absolute Gasteiger partial charge is 0.497 e. The summed E-state index contributed by atoms with van der Waals surface area (Å²) in [6.07, 6.45) is 2.64. The van der Waals surface area contributed by atoms with Crippen LogP contribution in [0.25, 0.3) is 11.3 Å². The normalized spacial score (nSPS) is 9.88. The molecule has 81 valence electrons. The lowest BCUT2D eigenvalue weighted by Gasteiger charge is -2.09. The van der Waals surface area contributed by atoms with Gasteiger partial charge >= 0.3 is 0 Å². The highest BCUT2D eigenvalue weighted by atomic mass is 16.5. The van der Waals surface area contributed by atoms with E-state index in [2.05, 4.69) is 16.4 Å². The van der Waals surface area contributed by atoms with Crippen molar-refractivity contribution in [3.05, 3.63) is 36.5 Å². The van der Waals surface area contributed by atoms with E-state index in [9.17, 15) is 0 Å². The van der Waals surface area contributed by atoms with Gasteiger partial charge in [0.25, 0.3) is 0 Å². The van der Waals surface area contributed by atoms with E-state index in [0.29, 0.717) is 0 Å². The molecule has 1 aromatic heterocycles. The van der Waals surface area contributed by atoms with Crippen molar-refractivity contribution in [2.24, 2.45) is 0 Å². The number of rotatable bonds is 3. The molecule has 0 saturated carbocycles. The Morgan fingerprint density at radius 3 is 2.62 bits per heavy atom. The highest BCUT2D eigenvalue weighted by Gasteiger charge is 2.08. The van der Waals surface area contributed by atoms with Crippen molar-refractivity contribution >= 4 is 0 Å². The van der Waals surface area contributed by atoms with Crippen LogP contribution in [-0.2, 0) is 0 Å². The molecule has 0 unspecified atom stereocenters. The maximum absolute atomic E-state index is 5.27. The molecule has 2 rings (SSSR count). The lowest BCUT2D eigenvalue weighted by Crippen LogP contribution is -1.92. The van der Waals surface area contributed by atoms with E-state index >= 15 is 0 Å². The Hall–Kier alpha value is -2.10. The average molecular weight is 215 g/mol. The van der Waals surface area contributed by atoms with Gasteiger partial charge in [-0.2, -0.15) is 0 Å². The van der Waals surface area contributed by atoms with Gasteiger partial charge in [-0.1, -0.05) is 0 Å². The van der Waals surface area contributed by atoms with Crippen LogP contribution in [0.1, 0.15) is 0 Å². The standard InChI is InChI=1S/C12H11N2O2/c1-15-9-5-6-12(16-2)10(8-9)11-4-3-7-13-14-11/h3-6,8H,1-2H3. The Balaban J connectivity index is 2.53. The monoisotopic (exact) mass is 215 g/mol. The summed E-state index contributed by atoms with van der Waals surface area (Å²) < 4.78 is 10.4. The molecule has 4 nitrogen and oxygen atoms in total. The van der Waals surface area contributed by atoms with Crippen molar-refractivity contribution in [1.82, 2.24) is 10.2 Å². The Labute approximate surface area is 93.9 Å². The molecule has 0 spiro atoms. The zero-order valence-corrected chi connectivity index (χ0v) is 9.10. The average Bonchev–Trinajstić information content (AvgIpc) is 2.39. The number of nitrogens with zero attached hydrogens (tertiary/aromatic N) is 2. The molecular formula is C12H11N2O2. The minimum Gasteiger partial charge on any atom is -0.497 e. The lowest BCUT2D eigenvalue weighted by molar-refractivity contribution is 0.404. The van der Waals surface area contributed by atoms with Crippen molar-refractivity contribution < 1.29 is 9.47 Å². The first-order chi connectivity index (χ1) is 7.85. The second-order valence-electron chi connectivity index (χ2n) is 3.11. The highest BCUT2D eigenvalue weighted by molar-refractivity contribution is 5.68. The fraction of sp³-hybridized carbons (Fsp3) is 0.167. The van der Waals surface area contributed by atoms with Gasteiger partial charge in [0.1, 0.15) is 17.7 Å². The van der Waals surface area contributed by atoms with Crippen LogP contribution in [0.4, 0.5) is 0 Å². The zero-order valence-electron chi connectivity index (χ0n) is 9.10. The third-order valence-corrected chi connectivity index (χ3v) is 2.21. The maximum atomic E-state index is 5.27. The van der Waals surface area contributed by atoms with Gasteiger partial charge < -0.3 is 9.47 Å². The summed E-state index contributed by atoms with van der Waals surface area (Å²) in [4.78, 5) is 0. The second-order valence-corrected chi connectivity index (χ2v) is 3.11. The third kappa shape index (κ3) is 1.95. The van der Waals surface area contributed by atoms with E-state index in [4.69, 9.17) is 9.47 Å². The van der Waals surface area contributed by atoms with Gasteiger partial charge in [0.05, 0.1) is 19.9 Å². The highest BCUT2D eigenvalue weighted by Crippen LogP contribution is 2.31. The minimum absolute atomic E-state index is 0.731. The van der Waals surface area contributed by atoms with E-state index in [-0.39, 0.29) is 0 Å². The van der Waals surface area contributed by atoms with E-state index in [1.165, 1.54) is 0 Å². The molecule has 1 heterocycles. The number of aromatic nitrogens is 2. The van der Waals surface area contributed by atoms with Crippen LogP contribution in [0.2, 0.25) is 0 Å². The number of benzene rings is 1. The summed E-state index contributed by atoms with van der Waals surface area (Å²) in [5, 5.41) is 7.71. The molecule has 0 saturated heterocycles. The summed E-state index contributed by atoms with van der Waals surface area (Å²) in [5.41, 5.74) is 1.58. The molecular weight excluding hydrogens is 204 g/mol. The Bertz CT molecular complexity index is 472. The summed E-state index contributed by atoms with van der Waals surface area (Å²) in [5.74, 6) is 1.49. The van der Waals surface area contributed by atoms with Crippen LogP contribution in [0, 0.1) is 6.20 Å². The van der Waals surface area contributed by atoms with Gasteiger partial charge in [-0.3, -0.25) is 0 Å². The molecule has 4 heteroatoms. The minimum atomic E-state index is 0.731. The number of hydrogen-bond acceptors (Lipinski definition) is 4. The Kier molecular flexibility index (Phi) is 3.00. The quantitative estimate of drug-likeness (QED) is 0.785. The number of methoxy groups -OCH3 is 2. The Morgan fingerprint density at radius 2 is 2.00 bits per heavy atom. The fourth-order valence-electron chi connectivity index (χ4n) is 1.42. The van der Waals surface area contributed by atoms with Gasteiger partial charge in [0.2, 0.25) is 0 Å². The van der Waals surface area contributed by atoms with E-state index in [1.807, 2.05) is 24.3 Å². The van der Waals surface area contributed by atoms with Crippen LogP contribution in [-0.4, -0.2) is 24.4 Å². The second kappa shape index (κ2) is 4.61. The summed E-state index contributed by atoms with van der Waals surface area (Å²) in [7, 11) is 3.24. The number of hydrogen-bond donors (Lipinski definition) is 0. The van der Waals surface area contributed by atoms with Crippen molar-refractivity contribution in [3.8, 4) is 22.8 Å². The molecule has 2 aromatic rings. The van der Waals surface area contributed by atoms with Gasteiger partial charge in [0, 0.05) is 5.56 Å². The number of ether oxygens (including phenoxy) is 2. The van der Waals surface area contributed by atoms with Crippen LogP contribution in [0.15, 0.2) is 30.3 Å². The lowest BCUT2D eigenvalue weighted by atomic mass is 10.1. The molecule has 1 aromatic carbocycles. The van der Waals surface area contributed by atoms with E-state index < -0.39 is 0 Å². The topological polar surface area (TPSA) is 44.2 Å². The maximum Gasteiger partial charge on any atom is 0.128 e. The fourth-order valence-corrected chi connectivity index (χ4v) is 1.42. The van der Waals surface area contributed by atoms with Crippen molar-refractivity contribution in [3.63, 3.8) is 0 Å². The summed E-state index contributed by atoms with van der Waals surface area (Å²) >= 11 is 0. The summed E-state index contributed by atoms with van der Waals surface area (Å²) in [6, 6.07) is 9.08. The molecule has 16 heavy (non-hydrogen) atoms. The van der Waals surface area contributed by atoms with Crippen LogP contribution in [0.3, 0.4) is 0 Å². The van der Waals surface area contributed by atoms with Gasteiger partial charge in [-0.25, -0.2) is 0 Å². The predicted octanol–water partition coefficient (Wildman–Crippen LogP) is 1.96. The van der Waals surface area contributed by atoms with E-state index in [1.54, 1.807) is 20.3 Å². The van der Waals surface area contributed by atoms with Crippen molar-refractivity contribution in [1.29, 1.82) is 0 Å². The predicted molar refractivity (Wildman–Crippen MR) is 59.4 cm³/mol. The molecule has 0 N–H and O–H groups in total.